The first kappa shape index (κ1) is 14.8. The van der Waals surface area contributed by atoms with Crippen LogP contribution >= 0.6 is 11.3 Å². The minimum atomic E-state index is 0.598. The van der Waals surface area contributed by atoms with Gasteiger partial charge in [0.05, 0.1) is 5.69 Å². The van der Waals surface area contributed by atoms with Gasteiger partial charge in [-0.1, -0.05) is 33.6 Å². The van der Waals surface area contributed by atoms with E-state index >= 15 is 0 Å². The van der Waals surface area contributed by atoms with E-state index < -0.39 is 0 Å². The summed E-state index contributed by atoms with van der Waals surface area (Å²) in [5.41, 5.74) is 1.78. The van der Waals surface area contributed by atoms with Gasteiger partial charge in [0.15, 0.2) is 5.13 Å². The number of aromatic nitrogens is 1. The number of nitrogens with zero attached hydrogens (tertiary/aromatic N) is 2. The van der Waals surface area contributed by atoms with Crippen LogP contribution in [-0.4, -0.2) is 24.6 Å². The van der Waals surface area contributed by atoms with Crippen LogP contribution in [0, 0.1) is 5.41 Å². The van der Waals surface area contributed by atoms with E-state index in [2.05, 4.69) is 36.4 Å². The van der Waals surface area contributed by atoms with Gasteiger partial charge < -0.3 is 10.2 Å². The molecule has 1 aliphatic rings. The van der Waals surface area contributed by atoms with Gasteiger partial charge in [0, 0.05) is 25.0 Å². The van der Waals surface area contributed by atoms with Crippen LogP contribution in [0.2, 0.25) is 0 Å². The summed E-state index contributed by atoms with van der Waals surface area (Å²) in [5, 5.41) is 6.75. The lowest BCUT2D eigenvalue weighted by molar-refractivity contribution is 0.199. The van der Waals surface area contributed by atoms with Gasteiger partial charge >= 0.3 is 0 Å². The fourth-order valence-corrected chi connectivity index (χ4v) is 3.78. The number of hydrogen-bond donors (Lipinski definition) is 1. The van der Waals surface area contributed by atoms with Gasteiger partial charge in [-0.2, -0.15) is 0 Å². The molecule has 108 valence electrons. The van der Waals surface area contributed by atoms with Gasteiger partial charge in [0.25, 0.3) is 0 Å². The first-order valence-corrected chi connectivity index (χ1v) is 8.51. The summed E-state index contributed by atoms with van der Waals surface area (Å²) in [6, 6.07) is 0. The molecule has 2 rings (SSSR count). The Bertz CT molecular complexity index is 374. The van der Waals surface area contributed by atoms with Crippen molar-refractivity contribution >= 4 is 16.5 Å². The second kappa shape index (κ2) is 6.71. The summed E-state index contributed by atoms with van der Waals surface area (Å²) in [7, 11) is 0. The molecular weight excluding hydrogens is 254 g/mol. The number of anilines is 1. The van der Waals surface area contributed by atoms with Crippen LogP contribution in [0.15, 0.2) is 5.38 Å². The minimum Gasteiger partial charge on any atom is -0.348 e. The first-order valence-electron chi connectivity index (χ1n) is 7.63. The maximum absolute atomic E-state index is 4.75. The van der Waals surface area contributed by atoms with Crippen molar-refractivity contribution in [1.29, 1.82) is 0 Å². The molecule has 19 heavy (non-hydrogen) atoms. The van der Waals surface area contributed by atoms with Crippen molar-refractivity contribution in [3.05, 3.63) is 11.1 Å². The molecule has 0 aromatic carbocycles. The highest BCUT2D eigenvalue weighted by Crippen LogP contribution is 2.39. The third kappa shape index (κ3) is 3.48. The Morgan fingerprint density at radius 1 is 1.26 bits per heavy atom. The van der Waals surface area contributed by atoms with Crippen molar-refractivity contribution in [2.24, 2.45) is 5.41 Å². The summed E-state index contributed by atoms with van der Waals surface area (Å²) in [5.74, 6) is 0. The second-order valence-corrected chi connectivity index (χ2v) is 6.43. The molecule has 0 amide bonds. The molecule has 0 atom stereocenters. The lowest BCUT2D eigenvalue weighted by Gasteiger charge is -2.40. The number of rotatable bonds is 6. The van der Waals surface area contributed by atoms with Crippen molar-refractivity contribution in [1.82, 2.24) is 10.3 Å². The van der Waals surface area contributed by atoms with Gasteiger partial charge in [0.1, 0.15) is 0 Å². The van der Waals surface area contributed by atoms with Crippen LogP contribution in [0.25, 0.3) is 0 Å². The molecule has 0 saturated carbocycles. The van der Waals surface area contributed by atoms with Gasteiger partial charge in [-0.25, -0.2) is 4.98 Å². The van der Waals surface area contributed by atoms with Gasteiger partial charge in [-0.3, -0.25) is 0 Å². The SMILES string of the molecule is CCNCc1csc(N2CCC(CC)(CC)CC2)n1. The minimum absolute atomic E-state index is 0.598. The first-order chi connectivity index (χ1) is 9.23. The quantitative estimate of drug-likeness (QED) is 0.862. The predicted molar refractivity (Wildman–Crippen MR) is 84.0 cm³/mol. The number of piperidine rings is 1. The van der Waals surface area contributed by atoms with E-state index in [0.29, 0.717) is 5.41 Å². The van der Waals surface area contributed by atoms with Crippen LogP contribution in [0.1, 0.15) is 52.1 Å². The summed E-state index contributed by atoms with van der Waals surface area (Å²) >= 11 is 1.80. The lowest BCUT2D eigenvalue weighted by atomic mass is 9.74. The maximum atomic E-state index is 4.75. The van der Waals surface area contributed by atoms with Crippen molar-refractivity contribution in [2.45, 2.75) is 53.0 Å². The third-order valence-corrected chi connectivity index (χ3v) is 5.64. The average Bonchev–Trinajstić information content (AvgIpc) is 2.94. The molecule has 0 aliphatic carbocycles. The number of nitrogens with one attached hydrogen (secondary N) is 1. The average molecular weight is 281 g/mol. The molecule has 2 heterocycles. The maximum Gasteiger partial charge on any atom is 0.185 e. The zero-order chi connectivity index (χ0) is 13.7. The van der Waals surface area contributed by atoms with Crippen LogP contribution < -0.4 is 10.2 Å². The molecule has 1 fully saturated rings. The predicted octanol–water partition coefficient (Wildman–Crippen LogP) is 3.66. The molecule has 1 N–H and O–H groups in total. The Morgan fingerprint density at radius 2 is 1.95 bits per heavy atom. The largest absolute Gasteiger partial charge is 0.348 e. The normalized spacial score (nSPS) is 18.8. The Hall–Kier alpha value is -0.610. The van der Waals surface area contributed by atoms with E-state index in [1.165, 1.54) is 49.6 Å². The Labute approximate surface area is 121 Å². The fourth-order valence-electron chi connectivity index (χ4n) is 2.91. The van der Waals surface area contributed by atoms with Crippen LogP contribution in [-0.2, 0) is 6.54 Å². The van der Waals surface area contributed by atoms with E-state index in [9.17, 15) is 0 Å². The van der Waals surface area contributed by atoms with Gasteiger partial charge in [-0.05, 0) is 24.8 Å². The van der Waals surface area contributed by atoms with Crippen molar-refractivity contribution < 1.29 is 0 Å². The summed E-state index contributed by atoms with van der Waals surface area (Å²) in [6.07, 6.45) is 5.28. The fraction of sp³-hybridized carbons (Fsp3) is 0.800. The van der Waals surface area contributed by atoms with E-state index in [1.54, 1.807) is 11.3 Å². The van der Waals surface area contributed by atoms with Crippen molar-refractivity contribution in [2.75, 3.05) is 24.5 Å². The molecule has 4 heteroatoms. The zero-order valence-corrected chi connectivity index (χ0v) is 13.4. The topological polar surface area (TPSA) is 28.2 Å². The lowest BCUT2D eigenvalue weighted by Crippen LogP contribution is -2.39. The molecule has 3 nitrogen and oxygen atoms in total. The standard InChI is InChI=1S/C15H27N3S/c1-4-15(5-2)7-9-18(10-8-15)14-17-13(12-19-14)11-16-6-3/h12,16H,4-11H2,1-3H3. The molecule has 1 aromatic rings. The third-order valence-electron chi connectivity index (χ3n) is 4.69. The number of thiazole rings is 1. The van der Waals surface area contributed by atoms with Crippen LogP contribution in [0.4, 0.5) is 5.13 Å². The van der Waals surface area contributed by atoms with Crippen molar-refractivity contribution in [3.63, 3.8) is 0 Å². The molecule has 0 spiro atoms. The molecule has 1 aliphatic heterocycles. The van der Waals surface area contributed by atoms with E-state index in [1.807, 2.05) is 0 Å². The second-order valence-electron chi connectivity index (χ2n) is 5.60. The molecular formula is C15H27N3S. The van der Waals surface area contributed by atoms with E-state index in [0.717, 1.165) is 13.1 Å². The monoisotopic (exact) mass is 281 g/mol. The summed E-state index contributed by atoms with van der Waals surface area (Å²) < 4.78 is 0. The van der Waals surface area contributed by atoms with Gasteiger partial charge in [-0.15, -0.1) is 11.3 Å². The van der Waals surface area contributed by atoms with Gasteiger partial charge in [0.2, 0.25) is 0 Å². The number of hydrogen-bond acceptors (Lipinski definition) is 4. The summed E-state index contributed by atoms with van der Waals surface area (Å²) in [6.45, 7) is 11.1. The molecule has 0 radical (unpaired) electrons. The van der Waals surface area contributed by atoms with Crippen molar-refractivity contribution in [3.8, 4) is 0 Å². The molecule has 1 aromatic heterocycles. The smallest absolute Gasteiger partial charge is 0.185 e. The molecule has 0 unspecified atom stereocenters. The Kier molecular flexibility index (Phi) is 5.22. The molecule has 0 bridgehead atoms. The zero-order valence-electron chi connectivity index (χ0n) is 12.5. The highest BCUT2D eigenvalue weighted by atomic mass is 32.1. The van der Waals surface area contributed by atoms with Crippen LogP contribution in [0.5, 0.6) is 0 Å². The highest BCUT2D eigenvalue weighted by molar-refractivity contribution is 7.13. The Balaban J connectivity index is 1.92. The van der Waals surface area contributed by atoms with E-state index in [4.69, 9.17) is 4.98 Å². The molecule has 1 saturated heterocycles. The highest BCUT2D eigenvalue weighted by Gasteiger charge is 2.31. The summed E-state index contributed by atoms with van der Waals surface area (Å²) in [4.78, 5) is 7.23. The van der Waals surface area contributed by atoms with E-state index in [-0.39, 0.29) is 0 Å². The Morgan fingerprint density at radius 3 is 2.53 bits per heavy atom. The van der Waals surface area contributed by atoms with Crippen LogP contribution in [0.3, 0.4) is 0 Å².